The van der Waals surface area contributed by atoms with Crippen LogP contribution in [0, 0.1) is 17.8 Å². The van der Waals surface area contributed by atoms with E-state index in [2.05, 4.69) is 21.3 Å². The van der Waals surface area contributed by atoms with E-state index in [-0.39, 0.29) is 91.2 Å². The van der Waals surface area contributed by atoms with Gasteiger partial charge in [0.2, 0.25) is 29.5 Å². The number of hydroxylamine groups is 1. The van der Waals surface area contributed by atoms with Crippen molar-refractivity contribution in [2.24, 2.45) is 17.8 Å². The molecule has 0 saturated heterocycles. The predicted molar refractivity (Wildman–Crippen MR) is 202 cm³/mol. The first-order valence-corrected chi connectivity index (χ1v) is 19.6. The third kappa shape index (κ3) is 22.5. The van der Waals surface area contributed by atoms with Crippen LogP contribution in [0.5, 0.6) is 5.75 Å². The van der Waals surface area contributed by atoms with Gasteiger partial charge in [0.1, 0.15) is 11.8 Å². The van der Waals surface area contributed by atoms with Crippen molar-refractivity contribution in [3.63, 3.8) is 0 Å². The maximum absolute atomic E-state index is 13.7. The number of ether oxygens (including phenoxy) is 1. The second kappa shape index (κ2) is 29.1. The number of amides is 5. The molecule has 0 unspecified atom stereocenters. The molecule has 2 aliphatic rings. The van der Waals surface area contributed by atoms with Crippen molar-refractivity contribution in [3.8, 4) is 5.75 Å². The van der Waals surface area contributed by atoms with Gasteiger partial charge in [0.05, 0.1) is 49.5 Å². The number of nitrogens with zero attached hydrogens (tertiary/aromatic N) is 3. The Labute approximate surface area is 371 Å². The van der Waals surface area contributed by atoms with Crippen LogP contribution in [0.15, 0.2) is 24.3 Å². The number of carboxylic acids is 4. The Morgan fingerprint density at radius 1 is 0.742 bits per heavy atom. The van der Waals surface area contributed by atoms with Crippen LogP contribution < -0.4 is 51.9 Å². The largest absolute Gasteiger partial charge is 4.00 e. The van der Waals surface area contributed by atoms with E-state index in [9.17, 15) is 68.8 Å². The van der Waals surface area contributed by atoms with Crippen molar-refractivity contribution in [1.29, 1.82) is 0 Å². The van der Waals surface area contributed by atoms with Gasteiger partial charge in [-0.1, -0.05) is 26.0 Å². The van der Waals surface area contributed by atoms with Gasteiger partial charge in [-0.3, -0.25) is 43.9 Å². The molecule has 2 bridgehead atoms. The van der Waals surface area contributed by atoms with Gasteiger partial charge in [0.25, 0.3) is 0 Å². The number of benzene rings is 1. The first-order valence-electron chi connectivity index (χ1n) is 19.6. The molecule has 5 amide bonds. The summed E-state index contributed by atoms with van der Waals surface area (Å²) in [6, 6.07) is 5.68. The molecular weight excluding hydrogens is 907 g/mol. The monoisotopic (exact) mass is 961 g/mol. The van der Waals surface area contributed by atoms with E-state index < -0.39 is 111 Å². The van der Waals surface area contributed by atoms with Crippen LogP contribution in [0.4, 0.5) is 0 Å². The van der Waals surface area contributed by atoms with Crippen LogP contribution >= 0.6 is 0 Å². The Kier molecular flexibility index (Phi) is 25.7. The molecule has 6 N–H and O–H groups in total. The smallest absolute Gasteiger partial charge is 0.549 e. The molecule has 2 aliphatic heterocycles. The van der Waals surface area contributed by atoms with Crippen molar-refractivity contribution in [2.45, 2.75) is 45.6 Å². The van der Waals surface area contributed by atoms with Crippen LogP contribution in [0.1, 0.15) is 38.7 Å². The molecule has 0 aromatic heterocycles. The Morgan fingerprint density at radius 2 is 1.24 bits per heavy atom. The number of carboxylic acid groups (broad SMARTS) is 4. The zero-order chi connectivity index (χ0) is 45.5. The minimum atomic E-state index is -1.58. The van der Waals surface area contributed by atoms with Crippen LogP contribution in [0.2, 0.25) is 0 Å². The van der Waals surface area contributed by atoms with Crippen LogP contribution in [-0.4, -0.2) is 165 Å². The number of fused-ring (bicyclic) bond motifs is 11. The van der Waals surface area contributed by atoms with Gasteiger partial charge < -0.3 is 65.6 Å². The van der Waals surface area contributed by atoms with Crippen LogP contribution in [0.3, 0.4) is 0 Å². The Morgan fingerprint density at radius 3 is 1.73 bits per heavy atom. The van der Waals surface area contributed by atoms with Crippen LogP contribution in [-0.2, 0) is 69.7 Å². The molecule has 343 valence electrons. The molecule has 62 heavy (non-hydrogen) atoms. The van der Waals surface area contributed by atoms with Gasteiger partial charge in [0.15, 0.2) is 0 Å². The summed E-state index contributed by atoms with van der Waals surface area (Å²) in [5, 5.41) is 64.2. The number of aliphatic carboxylic acids is 4. The molecule has 1 aromatic carbocycles. The van der Waals surface area contributed by atoms with E-state index in [0.717, 1.165) is 9.80 Å². The van der Waals surface area contributed by atoms with Gasteiger partial charge >= 0.3 is 20.1 Å². The van der Waals surface area contributed by atoms with Gasteiger partial charge in [-0.05, 0) is 42.9 Å². The van der Waals surface area contributed by atoms with Crippen molar-refractivity contribution in [1.82, 2.24) is 41.4 Å². The predicted octanol–water partition coefficient (Wildman–Crippen LogP) is -8.08. The quantitative estimate of drug-likeness (QED) is 0.0301. The summed E-state index contributed by atoms with van der Waals surface area (Å²) in [6.07, 6.45) is 0.893. The Hall–Kier alpha value is -5.26. The van der Waals surface area contributed by atoms with Crippen molar-refractivity contribution in [2.75, 3.05) is 85.1 Å². The second-order valence-corrected chi connectivity index (χ2v) is 14.8. The maximum atomic E-state index is 13.7. The summed E-state index contributed by atoms with van der Waals surface area (Å²) < 4.78 is 5.78. The molecule has 1 radical (unpaired) electrons. The fourth-order valence-electron chi connectivity index (χ4n) is 6.51. The van der Waals surface area contributed by atoms with Gasteiger partial charge in [-0.2, -0.15) is 0 Å². The molecule has 0 spiro atoms. The third-order valence-electron chi connectivity index (χ3n) is 9.35. The molecule has 3 rings (SSSR count). The third-order valence-corrected chi connectivity index (χ3v) is 9.35. The summed E-state index contributed by atoms with van der Waals surface area (Å²) in [6.45, 7) is -0.971. The number of carbonyl (C=O) groups excluding carboxylic acids is 9. The number of hydrogen-bond acceptors (Lipinski definition) is 18. The summed E-state index contributed by atoms with van der Waals surface area (Å²) in [4.78, 5) is 113. The summed E-state index contributed by atoms with van der Waals surface area (Å²) >= 11 is 0. The molecule has 2 heterocycles. The number of rotatable bonds is 25. The molecular formula is C38H54N8O15Tc. The molecule has 0 fully saturated rings. The number of hydrogen-bond donors (Lipinski definition) is 6. The second-order valence-electron chi connectivity index (χ2n) is 14.8. The van der Waals surface area contributed by atoms with E-state index in [1.165, 1.54) is 4.90 Å². The van der Waals surface area contributed by atoms with E-state index in [1.54, 1.807) is 29.7 Å². The summed E-state index contributed by atoms with van der Waals surface area (Å²) in [5.41, 5.74) is 2.30. The SMILES string of the molecule is CC(C)C[C@H]1C(=O)N[C@H](C(=O)NCC(=O)NCCNC(=O)CN(CCN(CC(=O)[O-])CC(=O)[O-])CCN(CC(=O)[O-])CC(=O)[O-])Cc2ccc(cc2)OCCC[C@@H]1C(=O)NO.[99Tc+4]. The van der Waals surface area contributed by atoms with Crippen molar-refractivity contribution >= 4 is 53.4 Å². The molecule has 3 atom stereocenters. The van der Waals surface area contributed by atoms with Crippen LogP contribution in [0.25, 0.3) is 0 Å². The summed E-state index contributed by atoms with van der Waals surface area (Å²) in [5.74, 6) is -10.9. The van der Waals surface area contributed by atoms with Gasteiger partial charge in [-0.25, -0.2) is 5.48 Å². The van der Waals surface area contributed by atoms with Crippen molar-refractivity contribution in [3.05, 3.63) is 29.8 Å². The van der Waals surface area contributed by atoms with E-state index in [4.69, 9.17) is 4.74 Å². The zero-order valence-corrected chi connectivity index (χ0v) is 36.4. The Balaban J connectivity index is 0.0000192. The molecule has 1 aromatic rings. The van der Waals surface area contributed by atoms with E-state index in [1.807, 2.05) is 13.8 Å². The molecule has 23 nitrogen and oxygen atoms in total. The standard InChI is InChI=1S/C38H58N8O15.Tc/c1-24(2)16-28-27(37(58)43-60)4-3-15-61-26-7-5-25(6-8-26)17-29(42-36(28)57)38(59)41-18-30(47)39-9-10-40-31(48)19-44(11-13-45(20-32(49)50)21-33(51)52)12-14-46(22-34(53)54)23-35(55)56;/h5-8,24,27-29,60H,3-4,9-23H2,1-2H3,(H,39,47)(H,40,48)(H,41,59)(H,42,57)(H,43,58)(H,49,50)(H,51,52)(H,53,54)(H,55,56);/q;+4/p-4/t27-,28+,29-;/m0./s1/i;1+1. The fourth-order valence-corrected chi connectivity index (χ4v) is 6.51. The number of nitrogens with one attached hydrogen (secondary N) is 5. The van der Waals surface area contributed by atoms with Gasteiger partial charge in [0, 0.05) is 77.8 Å². The minimum Gasteiger partial charge on any atom is -0.549 e. The van der Waals surface area contributed by atoms with E-state index >= 15 is 0 Å². The molecule has 0 saturated carbocycles. The first kappa shape index (κ1) is 54.8. The normalized spacial score (nSPS) is 16.6. The molecule has 24 heteroatoms. The van der Waals surface area contributed by atoms with E-state index in [0.29, 0.717) is 17.7 Å². The number of carbonyl (C=O) groups is 9. The Bertz CT molecular complexity index is 1600. The van der Waals surface area contributed by atoms with Crippen molar-refractivity contribution < 1.29 is 93.6 Å². The minimum absolute atomic E-state index is 0. The molecule has 0 aliphatic carbocycles. The maximum Gasteiger partial charge on any atom is 4.00 e. The topological polar surface area (TPSA) is 345 Å². The first-order chi connectivity index (χ1) is 28.9. The summed E-state index contributed by atoms with van der Waals surface area (Å²) in [7, 11) is 0. The fraction of sp³-hybridized carbons (Fsp3) is 0.605. The van der Waals surface area contributed by atoms with Gasteiger partial charge in [-0.15, -0.1) is 0 Å². The average Bonchev–Trinajstić information content (AvgIpc) is 3.17. The zero-order valence-electron chi connectivity index (χ0n) is 34.5. The average molecular weight is 962 g/mol.